The molecule has 0 saturated heterocycles. The van der Waals surface area contributed by atoms with Crippen molar-refractivity contribution < 1.29 is 9.59 Å². The van der Waals surface area contributed by atoms with Crippen molar-refractivity contribution in [3.8, 4) is 0 Å². The minimum atomic E-state index is -0.406. The van der Waals surface area contributed by atoms with Crippen LogP contribution in [0.15, 0.2) is 23.2 Å². The first-order valence-electron chi connectivity index (χ1n) is 6.20. The van der Waals surface area contributed by atoms with Gasteiger partial charge in [-0.2, -0.15) is 0 Å². The van der Waals surface area contributed by atoms with Crippen molar-refractivity contribution in [2.24, 2.45) is 0 Å². The van der Waals surface area contributed by atoms with Gasteiger partial charge in [-0.05, 0) is 38.8 Å². The minimum absolute atomic E-state index is 0.0191. The van der Waals surface area contributed by atoms with Crippen LogP contribution < -0.4 is 0 Å². The van der Waals surface area contributed by atoms with Crippen LogP contribution in [0.1, 0.15) is 30.5 Å². The van der Waals surface area contributed by atoms with E-state index >= 15 is 0 Å². The Bertz CT molecular complexity index is 602. The second kappa shape index (κ2) is 4.82. The van der Waals surface area contributed by atoms with Crippen molar-refractivity contribution in [1.82, 2.24) is 4.90 Å². The molecule has 100 valence electrons. The van der Waals surface area contributed by atoms with Gasteiger partial charge in [0.15, 0.2) is 0 Å². The summed E-state index contributed by atoms with van der Waals surface area (Å²) < 4.78 is 0. The summed E-state index contributed by atoms with van der Waals surface area (Å²) in [6.07, 6.45) is 0. The van der Waals surface area contributed by atoms with Crippen LogP contribution in [-0.2, 0) is 9.59 Å². The molecule has 19 heavy (non-hydrogen) atoms. The van der Waals surface area contributed by atoms with Gasteiger partial charge in [0.25, 0.3) is 11.8 Å². The van der Waals surface area contributed by atoms with Crippen molar-refractivity contribution in [2.45, 2.75) is 33.7 Å². The molecule has 3 nitrogen and oxygen atoms in total. The van der Waals surface area contributed by atoms with E-state index in [1.165, 1.54) is 4.90 Å². The van der Waals surface area contributed by atoms with Crippen LogP contribution in [-0.4, -0.2) is 22.8 Å². The Labute approximate surface area is 117 Å². The lowest BCUT2D eigenvalue weighted by Gasteiger charge is -2.19. The van der Waals surface area contributed by atoms with Crippen LogP contribution in [0.4, 0.5) is 0 Å². The minimum Gasteiger partial charge on any atom is -0.271 e. The average Bonchev–Trinajstić information content (AvgIpc) is 2.52. The average molecular weight is 278 g/mol. The number of imide groups is 1. The Balaban J connectivity index is 2.56. The van der Waals surface area contributed by atoms with Crippen LogP contribution in [0, 0.1) is 13.8 Å². The van der Waals surface area contributed by atoms with Gasteiger partial charge in [0.2, 0.25) is 0 Å². The molecule has 0 atom stereocenters. The zero-order valence-corrected chi connectivity index (χ0v) is 12.2. The fraction of sp³-hybridized carbons (Fsp3) is 0.333. The number of halogens is 1. The highest BCUT2D eigenvalue weighted by molar-refractivity contribution is 6.55. The van der Waals surface area contributed by atoms with Gasteiger partial charge in [-0.25, -0.2) is 0 Å². The number of carbonyl (C=O) groups excluding carboxylic acids is 2. The Kier molecular flexibility index (Phi) is 3.50. The Morgan fingerprint density at radius 1 is 1.11 bits per heavy atom. The molecule has 0 saturated carbocycles. The Hall–Kier alpha value is -1.61. The summed E-state index contributed by atoms with van der Waals surface area (Å²) in [6, 6.07) is 5.53. The van der Waals surface area contributed by atoms with Gasteiger partial charge in [-0.1, -0.05) is 35.4 Å². The highest BCUT2D eigenvalue weighted by Crippen LogP contribution is 2.34. The molecule has 0 N–H and O–H groups in total. The van der Waals surface area contributed by atoms with Crippen LogP contribution in [0.5, 0.6) is 0 Å². The lowest BCUT2D eigenvalue weighted by Crippen LogP contribution is -2.37. The van der Waals surface area contributed by atoms with E-state index in [0.29, 0.717) is 5.57 Å². The van der Waals surface area contributed by atoms with E-state index in [-0.39, 0.29) is 17.0 Å². The summed E-state index contributed by atoms with van der Waals surface area (Å²) in [5.41, 5.74) is 3.10. The third-order valence-corrected chi connectivity index (χ3v) is 3.58. The van der Waals surface area contributed by atoms with Gasteiger partial charge in [0.05, 0.1) is 5.57 Å². The summed E-state index contributed by atoms with van der Waals surface area (Å²) in [5.74, 6) is -0.714. The molecule has 0 radical (unpaired) electrons. The molecule has 2 amide bonds. The van der Waals surface area contributed by atoms with E-state index in [9.17, 15) is 9.59 Å². The number of benzene rings is 1. The first kappa shape index (κ1) is 13.8. The largest absolute Gasteiger partial charge is 0.273 e. The Morgan fingerprint density at radius 2 is 1.74 bits per heavy atom. The van der Waals surface area contributed by atoms with Gasteiger partial charge < -0.3 is 0 Å². The molecule has 0 aromatic heterocycles. The molecule has 0 aliphatic carbocycles. The van der Waals surface area contributed by atoms with Gasteiger partial charge in [0, 0.05) is 6.04 Å². The number of amides is 2. The number of hydrogen-bond acceptors (Lipinski definition) is 2. The standard InChI is InChI=1S/C15H16ClNO2/c1-8(2)17-14(18)12(13(16)15(17)19)11-6-5-9(3)7-10(11)4/h5-8H,1-4H3. The highest BCUT2D eigenvalue weighted by atomic mass is 35.5. The number of nitrogens with zero attached hydrogens (tertiary/aromatic N) is 1. The number of aryl methyl sites for hydroxylation is 2. The molecule has 2 rings (SSSR count). The monoisotopic (exact) mass is 277 g/mol. The second-order valence-electron chi connectivity index (χ2n) is 5.08. The van der Waals surface area contributed by atoms with Crippen molar-refractivity contribution in [3.63, 3.8) is 0 Å². The van der Waals surface area contributed by atoms with E-state index in [0.717, 1.165) is 16.7 Å². The molecule has 4 heteroatoms. The molecule has 1 aliphatic rings. The predicted molar refractivity (Wildman–Crippen MR) is 75.7 cm³/mol. The summed E-state index contributed by atoms with van der Waals surface area (Å²) in [4.78, 5) is 25.6. The molecule has 0 spiro atoms. The maximum atomic E-state index is 12.4. The first-order valence-corrected chi connectivity index (χ1v) is 6.57. The van der Waals surface area contributed by atoms with E-state index < -0.39 is 5.91 Å². The van der Waals surface area contributed by atoms with Crippen LogP contribution in [0.25, 0.3) is 5.57 Å². The van der Waals surface area contributed by atoms with Crippen molar-refractivity contribution >= 4 is 29.0 Å². The topological polar surface area (TPSA) is 37.4 Å². The number of carbonyl (C=O) groups is 2. The summed E-state index contributed by atoms with van der Waals surface area (Å²) >= 11 is 6.08. The van der Waals surface area contributed by atoms with E-state index in [4.69, 9.17) is 11.6 Å². The Morgan fingerprint density at radius 3 is 2.21 bits per heavy atom. The van der Waals surface area contributed by atoms with Crippen molar-refractivity contribution in [3.05, 3.63) is 39.9 Å². The molecule has 0 bridgehead atoms. The SMILES string of the molecule is Cc1ccc(C2=C(Cl)C(=O)N(C(C)C)C2=O)c(C)c1. The molecule has 1 aromatic rings. The number of rotatable bonds is 2. The third-order valence-electron chi connectivity index (χ3n) is 3.23. The van der Waals surface area contributed by atoms with Gasteiger partial charge in [-0.3, -0.25) is 14.5 Å². The summed E-state index contributed by atoms with van der Waals surface area (Å²) in [6.45, 7) is 7.49. The molecule has 1 aromatic carbocycles. The lowest BCUT2D eigenvalue weighted by molar-refractivity contribution is -0.138. The van der Waals surface area contributed by atoms with Gasteiger partial charge in [-0.15, -0.1) is 0 Å². The van der Waals surface area contributed by atoms with Crippen LogP contribution in [0.3, 0.4) is 0 Å². The van der Waals surface area contributed by atoms with E-state index in [1.54, 1.807) is 13.8 Å². The third kappa shape index (κ3) is 2.19. The van der Waals surface area contributed by atoms with Gasteiger partial charge >= 0.3 is 0 Å². The summed E-state index contributed by atoms with van der Waals surface area (Å²) in [5, 5.41) is 0.0191. The lowest BCUT2D eigenvalue weighted by atomic mass is 9.99. The van der Waals surface area contributed by atoms with E-state index in [2.05, 4.69) is 0 Å². The first-order chi connectivity index (χ1) is 8.84. The quantitative estimate of drug-likeness (QED) is 0.779. The predicted octanol–water partition coefficient (Wildman–Crippen LogP) is 3.03. The fourth-order valence-corrected chi connectivity index (χ4v) is 2.59. The van der Waals surface area contributed by atoms with Crippen molar-refractivity contribution in [1.29, 1.82) is 0 Å². The zero-order valence-electron chi connectivity index (χ0n) is 11.5. The van der Waals surface area contributed by atoms with Gasteiger partial charge in [0.1, 0.15) is 5.03 Å². The smallest absolute Gasteiger partial charge is 0.271 e. The molecule has 1 heterocycles. The normalized spacial score (nSPS) is 16.0. The van der Waals surface area contributed by atoms with Crippen molar-refractivity contribution in [2.75, 3.05) is 0 Å². The molecule has 0 unspecified atom stereocenters. The van der Waals surface area contributed by atoms with Crippen LogP contribution >= 0.6 is 11.6 Å². The molecular formula is C15H16ClNO2. The second-order valence-corrected chi connectivity index (χ2v) is 5.46. The maximum Gasteiger partial charge on any atom is 0.273 e. The maximum absolute atomic E-state index is 12.4. The zero-order chi connectivity index (χ0) is 14.3. The van der Waals surface area contributed by atoms with E-state index in [1.807, 2.05) is 32.0 Å². The molecular weight excluding hydrogens is 262 g/mol. The summed E-state index contributed by atoms with van der Waals surface area (Å²) in [7, 11) is 0. The fourth-order valence-electron chi connectivity index (χ4n) is 2.32. The van der Waals surface area contributed by atoms with Crippen LogP contribution in [0.2, 0.25) is 0 Å². The molecule has 1 aliphatic heterocycles. The molecule has 0 fully saturated rings. The number of hydrogen-bond donors (Lipinski definition) is 0. The highest BCUT2D eigenvalue weighted by Gasteiger charge is 2.39.